The summed E-state index contributed by atoms with van der Waals surface area (Å²) in [5.41, 5.74) is 0.0360. The minimum atomic E-state index is -3.77. The molecular formula is C10H13FN4O2S2. The van der Waals surface area contributed by atoms with Gasteiger partial charge in [0.15, 0.2) is 5.82 Å². The fraction of sp³-hybridized carbons (Fsp3) is 0.400. The third-order valence-corrected chi connectivity index (χ3v) is 4.81. The first-order chi connectivity index (χ1) is 8.83. The molecule has 0 radical (unpaired) electrons. The number of rotatable bonds is 4. The molecule has 1 aromatic carbocycles. The van der Waals surface area contributed by atoms with Crippen molar-refractivity contribution in [3.63, 3.8) is 0 Å². The standard InChI is InChI=1S/C10H13FN4O2S2/c1-6(15(2)3)14-19(16,17)8-5-4-7(11)9-10(8)13-18-12-9/h4-6,14H,1-3H3. The highest BCUT2D eigenvalue weighted by Gasteiger charge is 2.23. The highest BCUT2D eigenvalue weighted by Crippen LogP contribution is 2.23. The Bertz CT molecular complexity index is 699. The second-order valence-corrected chi connectivity index (χ2v) is 6.48. The molecular weight excluding hydrogens is 291 g/mol. The zero-order valence-electron chi connectivity index (χ0n) is 10.6. The van der Waals surface area contributed by atoms with Crippen molar-refractivity contribution in [3.05, 3.63) is 17.9 Å². The van der Waals surface area contributed by atoms with E-state index in [-0.39, 0.29) is 15.9 Å². The number of halogens is 1. The summed E-state index contributed by atoms with van der Waals surface area (Å²) in [6, 6.07) is 2.28. The van der Waals surface area contributed by atoms with Crippen molar-refractivity contribution in [3.8, 4) is 0 Å². The van der Waals surface area contributed by atoms with Crippen molar-refractivity contribution >= 4 is 32.8 Å². The summed E-state index contributed by atoms with van der Waals surface area (Å²) >= 11 is 0.780. The minimum absolute atomic E-state index is 0.0228. The van der Waals surface area contributed by atoms with Gasteiger partial charge in [0.2, 0.25) is 10.0 Å². The maximum absolute atomic E-state index is 13.5. The van der Waals surface area contributed by atoms with Crippen LogP contribution >= 0.6 is 11.7 Å². The molecule has 1 aromatic heterocycles. The summed E-state index contributed by atoms with van der Waals surface area (Å²) in [4.78, 5) is 1.64. The fourth-order valence-corrected chi connectivity index (χ4v) is 3.48. The van der Waals surface area contributed by atoms with Gasteiger partial charge in [-0.05, 0) is 33.2 Å². The van der Waals surface area contributed by atoms with Gasteiger partial charge >= 0.3 is 0 Å². The van der Waals surface area contributed by atoms with Gasteiger partial charge in [-0.2, -0.15) is 13.5 Å². The van der Waals surface area contributed by atoms with Gasteiger partial charge < -0.3 is 0 Å². The number of nitrogens with one attached hydrogen (secondary N) is 1. The van der Waals surface area contributed by atoms with Crippen LogP contribution < -0.4 is 4.72 Å². The Kier molecular flexibility index (Phi) is 3.81. The van der Waals surface area contributed by atoms with Gasteiger partial charge in [0.1, 0.15) is 15.9 Å². The Balaban J connectivity index is 2.49. The maximum atomic E-state index is 13.5. The molecule has 0 aliphatic heterocycles. The van der Waals surface area contributed by atoms with Crippen LogP contribution in [0.4, 0.5) is 4.39 Å². The molecule has 6 nitrogen and oxygen atoms in total. The van der Waals surface area contributed by atoms with Gasteiger partial charge in [-0.15, -0.1) is 0 Å². The molecule has 0 saturated carbocycles. The molecule has 0 amide bonds. The molecule has 0 saturated heterocycles. The van der Waals surface area contributed by atoms with Crippen LogP contribution in [0.5, 0.6) is 0 Å². The number of aromatic nitrogens is 2. The van der Waals surface area contributed by atoms with Crippen molar-refractivity contribution in [2.45, 2.75) is 18.0 Å². The molecule has 0 bridgehead atoms. The SMILES string of the molecule is CC(NS(=O)(=O)c1ccc(F)c2nsnc12)N(C)C. The van der Waals surface area contributed by atoms with E-state index < -0.39 is 22.0 Å². The molecule has 0 aliphatic rings. The van der Waals surface area contributed by atoms with E-state index in [4.69, 9.17) is 0 Å². The molecule has 0 aliphatic carbocycles. The predicted octanol–water partition coefficient (Wildman–Crippen LogP) is 1.02. The second-order valence-electron chi connectivity index (χ2n) is 4.27. The highest BCUT2D eigenvalue weighted by molar-refractivity contribution is 7.89. The maximum Gasteiger partial charge on any atom is 0.244 e. The number of hydrogen-bond acceptors (Lipinski definition) is 6. The molecule has 19 heavy (non-hydrogen) atoms. The molecule has 1 unspecified atom stereocenters. The van der Waals surface area contributed by atoms with Crippen molar-refractivity contribution in [2.24, 2.45) is 0 Å². The van der Waals surface area contributed by atoms with E-state index in [0.717, 1.165) is 17.8 Å². The van der Waals surface area contributed by atoms with Gasteiger partial charge in [0.05, 0.1) is 17.9 Å². The van der Waals surface area contributed by atoms with E-state index >= 15 is 0 Å². The normalized spacial score (nSPS) is 14.2. The van der Waals surface area contributed by atoms with Crippen molar-refractivity contribution in [2.75, 3.05) is 14.1 Å². The van der Waals surface area contributed by atoms with Crippen molar-refractivity contribution in [1.82, 2.24) is 18.4 Å². The fourth-order valence-electron chi connectivity index (χ4n) is 1.42. The Morgan fingerprint density at radius 1 is 1.32 bits per heavy atom. The molecule has 1 atom stereocenters. The zero-order valence-corrected chi connectivity index (χ0v) is 12.2. The first-order valence-electron chi connectivity index (χ1n) is 5.42. The van der Waals surface area contributed by atoms with Crippen molar-refractivity contribution in [1.29, 1.82) is 0 Å². The number of fused-ring (bicyclic) bond motifs is 1. The third-order valence-electron chi connectivity index (χ3n) is 2.72. The van der Waals surface area contributed by atoms with Crippen LogP contribution in [-0.2, 0) is 10.0 Å². The van der Waals surface area contributed by atoms with Gasteiger partial charge in [-0.25, -0.2) is 12.8 Å². The predicted molar refractivity (Wildman–Crippen MR) is 70.8 cm³/mol. The van der Waals surface area contributed by atoms with E-state index in [0.29, 0.717) is 0 Å². The first-order valence-corrected chi connectivity index (χ1v) is 7.64. The second kappa shape index (κ2) is 5.08. The average Bonchev–Trinajstić information content (AvgIpc) is 2.77. The quantitative estimate of drug-likeness (QED) is 0.854. The lowest BCUT2D eigenvalue weighted by atomic mass is 10.3. The first kappa shape index (κ1) is 14.3. The van der Waals surface area contributed by atoms with Gasteiger partial charge in [-0.1, -0.05) is 0 Å². The van der Waals surface area contributed by atoms with Gasteiger partial charge in [0.25, 0.3) is 0 Å². The summed E-state index contributed by atoms with van der Waals surface area (Å²) in [6.45, 7) is 1.71. The lowest BCUT2D eigenvalue weighted by molar-refractivity contribution is 0.298. The topological polar surface area (TPSA) is 75.2 Å². The molecule has 104 valence electrons. The third kappa shape index (κ3) is 2.73. The van der Waals surface area contributed by atoms with Crippen LogP contribution in [0, 0.1) is 5.82 Å². The van der Waals surface area contributed by atoms with Crippen LogP contribution in [0.3, 0.4) is 0 Å². The number of nitrogens with zero attached hydrogens (tertiary/aromatic N) is 3. The summed E-state index contributed by atoms with van der Waals surface area (Å²) < 4.78 is 48.1. The van der Waals surface area contributed by atoms with Crippen LogP contribution in [0.2, 0.25) is 0 Å². The molecule has 1 heterocycles. The lowest BCUT2D eigenvalue weighted by Crippen LogP contribution is -2.42. The average molecular weight is 304 g/mol. The molecule has 9 heteroatoms. The van der Waals surface area contributed by atoms with E-state index in [1.165, 1.54) is 6.07 Å². The van der Waals surface area contributed by atoms with E-state index in [1.54, 1.807) is 25.9 Å². The van der Waals surface area contributed by atoms with E-state index in [2.05, 4.69) is 13.5 Å². The number of hydrogen-bond donors (Lipinski definition) is 1. The van der Waals surface area contributed by atoms with Gasteiger partial charge in [0, 0.05) is 0 Å². The summed E-state index contributed by atoms with van der Waals surface area (Å²) in [5, 5.41) is 0. The zero-order chi connectivity index (χ0) is 14.2. The Labute approximate surface area is 114 Å². The Morgan fingerprint density at radius 3 is 2.58 bits per heavy atom. The monoisotopic (exact) mass is 304 g/mol. The Hall–Kier alpha value is -1.16. The number of benzene rings is 1. The molecule has 0 spiro atoms. The molecule has 2 aromatic rings. The summed E-state index contributed by atoms with van der Waals surface area (Å²) in [7, 11) is -0.276. The smallest absolute Gasteiger partial charge is 0.244 e. The lowest BCUT2D eigenvalue weighted by Gasteiger charge is -2.20. The van der Waals surface area contributed by atoms with Crippen LogP contribution in [0.25, 0.3) is 11.0 Å². The highest BCUT2D eigenvalue weighted by atomic mass is 32.2. The van der Waals surface area contributed by atoms with Gasteiger partial charge in [-0.3, -0.25) is 4.90 Å². The largest absolute Gasteiger partial charge is 0.294 e. The van der Waals surface area contributed by atoms with E-state index in [1.807, 2.05) is 0 Å². The van der Waals surface area contributed by atoms with Crippen molar-refractivity contribution < 1.29 is 12.8 Å². The molecule has 2 rings (SSSR count). The molecule has 1 N–H and O–H groups in total. The number of sulfonamides is 1. The summed E-state index contributed by atoms with van der Waals surface area (Å²) in [6.07, 6.45) is -0.392. The van der Waals surface area contributed by atoms with E-state index in [9.17, 15) is 12.8 Å². The van der Waals surface area contributed by atoms with Crippen LogP contribution in [0.15, 0.2) is 17.0 Å². The van der Waals surface area contributed by atoms with Crippen LogP contribution in [0.1, 0.15) is 6.92 Å². The van der Waals surface area contributed by atoms with Crippen LogP contribution in [-0.4, -0.2) is 42.3 Å². The summed E-state index contributed by atoms with van der Waals surface area (Å²) in [5.74, 6) is -0.580. The minimum Gasteiger partial charge on any atom is -0.294 e. The molecule has 0 fully saturated rings. The Morgan fingerprint density at radius 2 is 1.95 bits per heavy atom.